The minimum Gasteiger partial charge on any atom is -0.444 e. The van der Waals surface area contributed by atoms with Gasteiger partial charge in [0.25, 0.3) is 0 Å². The maximum absolute atomic E-state index is 12.5. The van der Waals surface area contributed by atoms with E-state index < -0.39 is 17.9 Å². The lowest BCUT2D eigenvalue weighted by molar-refractivity contribution is 0.0636. The Morgan fingerprint density at radius 3 is 2.52 bits per heavy atom. The Bertz CT molecular complexity index is 1780. The monoisotopic (exact) mass is 653 g/mol. The molecule has 3 aliphatic rings. The molecular weight excluding hydrogens is 606 g/mol. The van der Waals surface area contributed by atoms with Gasteiger partial charge in [-0.25, -0.2) is 9.59 Å². The van der Waals surface area contributed by atoms with Crippen LogP contribution >= 0.6 is 0 Å². The maximum atomic E-state index is 12.5. The third kappa shape index (κ3) is 7.27. The van der Waals surface area contributed by atoms with Gasteiger partial charge in [-0.1, -0.05) is 12.1 Å². The fourth-order valence-electron chi connectivity index (χ4n) is 7.66. The fraction of sp³-hybridized carbons (Fsp3) is 0.514. The summed E-state index contributed by atoms with van der Waals surface area (Å²) < 4.78 is 7.53. The van der Waals surface area contributed by atoms with Crippen LogP contribution in [0, 0.1) is 5.92 Å². The van der Waals surface area contributed by atoms with Gasteiger partial charge in [-0.05, 0) is 114 Å². The molecule has 3 N–H and O–H groups in total. The largest absolute Gasteiger partial charge is 0.444 e. The Morgan fingerprint density at radius 1 is 0.979 bits per heavy atom. The van der Waals surface area contributed by atoms with E-state index in [0.717, 1.165) is 72.7 Å². The molecule has 11 heteroatoms. The molecular formula is C37H47N7O4. The summed E-state index contributed by atoms with van der Waals surface area (Å²) in [6, 6.07) is 12.5. The lowest BCUT2D eigenvalue weighted by atomic mass is 9.84. The first-order valence-electron chi connectivity index (χ1n) is 17.4. The molecule has 0 radical (unpaired) electrons. The molecule has 0 bridgehead atoms. The lowest BCUT2D eigenvalue weighted by Crippen LogP contribution is -2.51. The van der Waals surface area contributed by atoms with E-state index in [0.29, 0.717) is 36.5 Å². The van der Waals surface area contributed by atoms with E-state index in [1.54, 1.807) is 11.1 Å². The first-order chi connectivity index (χ1) is 23.1. The summed E-state index contributed by atoms with van der Waals surface area (Å²) in [6.07, 6.45) is 12.0. The average Bonchev–Trinajstić information content (AvgIpc) is 3.48. The molecule has 1 atom stereocenters. The molecule has 4 aromatic rings. The Hall–Kier alpha value is -4.22. The van der Waals surface area contributed by atoms with Crippen LogP contribution in [0.1, 0.15) is 83.2 Å². The molecule has 1 aliphatic carbocycles. The zero-order valence-electron chi connectivity index (χ0n) is 28.2. The van der Waals surface area contributed by atoms with E-state index in [2.05, 4.69) is 49.6 Å². The second kappa shape index (κ2) is 13.4. The van der Waals surface area contributed by atoms with Crippen LogP contribution in [0.25, 0.3) is 21.7 Å². The van der Waals surface area contributed by atoms with Crippen molar-refractivity contribution in [1.29, 1.82) is 0 Å². The number of nitrogens with one attached hydrogen (secondary N) is 2. The Labute approximate surface area is 281 Å². The van der Waals surface area contributed by atoms with Crippen LogP contribution in [-0.4, -0.2) is 74.9 Å². The third-order valence-corrected chi connectivity index (χ3v) is 10.1. The zero-order chi connectivity index (χ0) is 33.4. The van der Waals surface area contributed by atoms with Crippen molar-refractivity contribution in [2.75, 3.05) is 36.4 Å². The van der Waals surface area contributed by atoms with E-state index >= 15 is 0 Å². The molecule has 48 heavy (non-hydrogen) atoms. The highest BCUT2D eigenvalue weighted by molar-refractivity contribution is 6.03. The molecule has 3 amide bonds. The molecule has 1 unspecified atom stereocenters. The number of anilines is 2. The van der Waals surface area contributed by atoms with Crippen molar-refractivity contribution in [3.8, 4) is 0 Å². The number of aromatic nitrogens is 3. The first-order valence-corrected chi connectivity index (χ1v) is 17.4. The summed E-state index contributed by atoms with van der Waals surface area (Å²) in [5, 5.41) is 23.2. The van der Waals surface area contributed by atoms with Crippen molar-refractivity contribution < 1.29 is 19.4 Å². The number of fused-ring (bicyclic) bond motifs is 2. The Kier molecular flexibility index (Phi) is 9.00. The van der Waals surface area contributed by atoms with Gasteiger partial charge in [-0.3, -0.25) is 19.9 Å². The number of likely N-dealkylation sites (tertiary alicyclic amines) is 1. The number of pyridine rings is 1. The number of hydrogen-bond acceptors (Lipinski definition) is 7. The van der Waals surface area contributed by atoms with Crippen molar-refractivity contribution in [3.05, 3.63) is 60.6 Å². The number of amides is 3. The summed E-state index contributed by atoms with van der Waals surface area (Å²) in [5.74, 6) is 1.23. The van der Waals surface area contributed by atoms with E-state index in [1.807, 2.05) is 45.2 Å². The highest BCUT2D eigenvalue weighted by Gasteiger charge is 2.29. The minimum atomic E-state index is -0.792. The number of ether oxygens (including phenoxy) is 1. The Balaban J connectivity index is 0.899. The fourth-order valence-corrected chi connectivity index (χ4v) is 7.66. The molecule has 1 saturated carbocycles. The van der Waals surface area contributed by atoms with Crippen LogP contribution < -0.4 is 15.5 Å². The van der Waals surface area contributed by atoms with Gasteiger partial charge in [0, 0.05) is 53.8 Å². The van der Waals surface area contributed by atoms with Crippen molar-refractivity contribution in [2.45, 2.75) is 89.5 Å². The summed E-state index contributed by atoms with van der Waals surface area (Å²) in [6.45, 7) is 9.42. The first kappa shape index (κ1) is 32.3. The average molecular weight is 654 g/mol. The molecule has 2 saturated heterocycles. The number of piperidine rings is 1. The molecule has 2 aromatic heterocycles. The summed E-state index contributed by atoms with van der Waals surface area (Å²) in [7, 11) is 0. The number of urea groups is 1. The summed E-state index contributed by atoms with van der Waals surface area (Å²) in [4.78, 5) is 33.5. The van der Waals surface area contributed by atoms with Crippen molar-refractivity contribution in [2.24, 2.45) is 5.92 Å². The van der Waals surface area contributed by atoms with Crippen LogP contribution in [0.2, 0.25) is 0 Å². The Morgan fingerprint density at radius 2 is 1.77 bits per heavy atom. The van der Waals surface area contributed by atoms with Crippen molar-refractivity contribution >= 4 is 45.2 Å². The minimum absolute atomic E-state index is 0.285. The highest BCUT2D eigenvalue weighted by atomic mass is 16.6. The molecule has 0 spiro atoms. The predicted molar refractivity (Wildman–Crippen MR) is 187 cm³/mol. The predicted octanol–water partition coefficient (Wildman–Crippen LogP) is 6.78. The van der Waals surface area contributed by atoms with Crippen molar-refractivity contribution in [3.63, 3.8) is 0 Å². The normalized spacial score (nSPS) is 23.0. The smallest absolute Gasteiger partial charge is 0.412 e. The van der Waals surface area contributed by atoms with Gasteiger partial charge in [-0.15, -0.1) is 0 Å². The van der Waals surface area contributed by atoms with E-state index in [1.165, 1.54) is 18.4 Å². The molecule has 2 aliphatic heterocycles. The third-order valence-electron chi connectivity index (χ3n) is 10.1. The highest BCUT2D eigenvalue weighted by Crippen LogP contribution is 2.36. The van der Waals surface area contributed by atoms with Gasteiger partial charge in [0.05, 0.1) is 23.4 Å². The number of hydrogen-bond donors (Lipinski definition) is 3. The number of rotatable bonds is 6. The van der Waals surface area contributed by atoms with Crippen LogP contribution in [0.3, 0.4) is 0 Å². The van der Waals surface area contributed by atoms with Gasteiger partial charge in [0.1, 0.15) is 11.8 Å². The second-order valence-corrected chi connectivity index (χ2v) is 14.8. The summed E-state index contributed by atoms with van der Waals surface area (Å²) in [5.41, 5.74) is 3.24. The van der Waals surface area contributed by atoms with Gasteiger partial charge >= 0.3 is 12.1 Å². The lowest BCUT2D eigenvalue weighted by Gasteiger charge is -2.37. The van der Waals surface area contributed by atoms with Crippen LogP contribution in [0.4, 0.5) is 21.0 Å². The molecule has 2 aromatic carbocycles. The molecule has 4 heterocycles. The van der Waals surface area contributed by atoms with Crippen molar-refractivity contribution in [1.82, 2.24) is 25.0 Å². The number of carbonyl (C=O) groups excluding carboxylic acids is 2. The maximum Gasteiger partial charge on any atom is 0.412 e. The van der Waals surface area contributed by atoms with Gasteiger partial charge < -0.3 is 20.1 Å². The topological polar surface area (TPSA) is 125 Å². The van der Waals surface area contributed by atoms with Gasteiger partial charge in [0.2, 0.25) is 0 Å². The van der Waals surface area contributed by atoms with E-state index in [9.17, 15) is 14.7 Å². The van der Waals surface area contributed by atoms with E-state index in [-0.39, 0.29) is 6.03 Å². The number of nitrogens with zero attached hydrogens (tertiary/aromatic N) is 5. The zero-order valence-corrected chi connectivity index (χ0v) is 28.2. The summed E-state index contributed by atoms with van der Waals surface area (Å²) >= 11 is 0. The quantitative estimate of drug-likeness (QED) is 0.210. The van der Waals surface area contributed by atoms with Crippen LogP contribution in [0.5, 0.6) is 0 Å². The second-order valence-electron chi connectivity index (χ2n) is 14.8. The molecule has 11 nitrogen and oxygen atoms in total. The van der Waals surface area contributed by atoms with Gasteiger partial charge in [0.15, 0.2) is 0 Å². The number of aliphatic hydroxyl groups is 1. The van der Waals surface area contributed by atoms with E-state index in [4.69, 9.17) is 9.84 Å². The standard InChI is InChI=1S/C37H47N7O4/c1-37(2,3)48-36(47)39-29-7-11-32-28(19-29)23-44(41-32)30-8-4-24(5-9-30)22-42-15-12-25(13-16-42)26-6-10-31-27(18-26)20-38-21-33(31)43-17-14-34(45)40-35(43)46/h6-7,10-11,18-21,23-25,30,34,45H,4-5,8-9,12-17,22H2,1-3H3,(H,39,47)(H,40,46)/t24-,30-,34?. The molecule has 254 valence electrons. The number of aliphatic hydroxyl groups excluding tert-OH is 1. The number of carbonyl (C=O) groups is 2. The van der Waals surface area contributed by atoms with Crippen LogP contribution in [0.15, 0.2) is 55.0 Å². The molecule has 7 rings (SSSR count). The molecule has 3 fully saturated rings. The number of benzene rings is 2. The SMILES string of the molecule is CC(C)(C)OC(=O)Nc1ccc2nn([C@H]3CC[C@H](CN4CCC(c5ccc6c(N7CCC(O)NC7=O)cncc6c5)CC4)CC3)cc2c1. The van der Waals surface area contributed by atoms with Gasteiger partial charge in [-0.2, -0.15) is 5.10 Å². The van der Waals surface area contributed by atoms with Crippen LogP contribution in [-0.2, 0) is 4.74 Å².